The third-order valence-electron chi connectivity index (χ3n) is 1.00. The van der Waals surface area contributed by atoms with Crippen LogP contribution >= 0.6 is 0 Å². The van der Waals surface area contributed by atoms with Crippen LogP contribution in [0.2, 0.25) is 0 Å². The molecule has 1 nitrogen and oxygen atoms in total. The van der Waals surface area contributed by atoms with E-state index in [9.17, 15) is 4.79 Å². The van der Waals surface area contributed by atoms with Gasteiger partial charge in [0.1, 0.15) is 0 Å². The molecule has 0 spiro atoms. The lowest BCUT2D eigenvalue weighted by Crippen LogP contribution is -1.89. The second-order valence-electron chi connectivity index (χ2n) is 1.77. The molecular weight excluding hydrogens is 100 g/mol. The Balaban J connectivity index is 3.11. The minimum Gasteiger partial charge on any atom is -0.295 e. The number of hydrogen-bond acceptors (Lipinski definition) is 1. The normalized spacial score (nSPS) is 8.62. The monoisotopic (exact) mass is 112 g/mol. The van der Waals surface area contributed by atoms with Crippen molar-refractivity contribution < 1.29 is 4.79 Å². The van der Waals surface area contributed by atoms with E-state index in [4.69, 9.17) is 0 Å². The number of rotatable bonds is 4. The van der Waals surface area contributed by atoms with E-state index in [-0.39, 0.29) is 5.78 Å². The summed E-state index contributed by atoms with van der Waals surface area (Å²) in [6.07, 6.45) is 4.13. The average molecular weight is 112 g/mol. The quantitative estimate of drug-likeness (QED) is 0.508. The molecule has 0 saturated carbocycles. The lowest BCUT2D eigenvalue weighted by molar-refractivity contribution is -0.114. The second kappa shape index (κ2) is 4.57. The summed E-state index contributed by atoms with van der Waals surface area (Å²) in [6, 6.07) is 0. The van der Waals surface area contributed by atoms with E-state index in [0.717, 1.165) is 12.8 Å². The van der Waals surface area contributed by atoms with Crippen molar-refractivity contribution in [3.8, 4) is 0 Å². The number of unbranched alkanes of at least 4 members (excludes halogenated alkanes) is 1. The van der Waals surface area contributed by atoms with E-state index in [0.29, 0.717) is 6.42 Å². The zero-order valence-corrected chi connectivity index (χ0v) is 5.31. The van der Waals surface area contributed by atoms with Crippen LogP contribution in [0.4, 0.5) is 0 Å². The van der Waals surface area contributed by atoms with Crippen molar-refractivity contribution in [2.24, 2.45) is 0 Å². The van der Waals surface area contributed by atoms with Gasteiger partial charge in [-0.3, -0.25) is 4.79 Å². The molecule has 0 heterocycles. The third-order valence-corrected chi connectivity index (χ3v) is 1.00. The number of hydrogen-bond donors (Lipinski definition) is 0. The minimum atomic E-state index is 0.159. The van der Waals surface area contributed by atoms with Gasteiger partial charge in [0, 0.05) is 6.42 Å². The van der Waals surface area contributed by atoms with E-state index < -0.39 is 0 Å². The van der Waals surface area contributed by atoms with Gasteiger partial charge in [0.25, 0.3) is 0 Å². The van der Waals surface area contributed by atoms with Crippen LogP contribution < -0.4 is 0 Å². The van der Waals surface area contributed by atoms with Gasteiger partial charge in [-0.15, -0.1) is 0 Å². The Kier molecular flexibility index (Phi) is 4.23. The van der Waals surface area contributed by atoms with Crippen LogP contribution in [-0.4, -0.2) is 5.78 Å². The number of carbonyl (C=O) groups excluding carboxylic acids is 1. The van der Waals surface area contributed by atoms with Gasteiger partial charge >= 0.3 is 0 Å². The molecule has 0 bridgehead atoms. The molecular formula is C7H12O. The second-order valence-corrected chi connectivity index (χ2v) is 1.77. The van der Waals surface area contributed by atoms with Gasteiger partial charge in [0.05, 0.1) is 0 Å². The predicted molar refractivity (Wildman–Crippen MR) is 34.7 cm³/mol. The van der Waals surface area contributed by atoms with Gasteiger partial charge in [-0.25, -0.2) is 0 Å². The fourth-order valence-corrected chi connectivity index (χ4v) is 0.453. The maximum atomic E-state index is 10.5. The molecule has 8 heavy (non-hydrogen) atoms. The first-order chi connectivity index (χ1) is 3.81. The van der Waals surface area contributed by atoms with Crippen molar-refractivity contribution in [1.82, 2.24) is 0 Å². The Hall–Kier alpha value is -0.590. The Morgan fingerprint density at radius 3 is 2.75 bits per heavy atom. The van der Waals surface area contributed by atoms with E-state index in [1.54, 1.807) is 0 Å². The first-order valence-electron chi connectivity index (χ1n) is 2.96. The molecule has 0 radical (unpaired) electrons. The van der Waals surface area contributed by atoms with Gasteiger partial charge in [-0.1, -0.05) is 19.9 Å². The molecule has 0 aliphatic heterocycles. The Morgan fingerprint density at radius 2 is 2.38 bits per heavy atom. The fourth-order valence-electron chi connectivity index (χ4n) is 0.453. The van der Waals surface area contributed by atoms with E-state index >= 15 is 0 Å². The lowest BCUT2D eigenvalue weighted by atomic mass is 10.2. The third kappa shape index (κ3) is 3.59. The Morgan fingerprint density at radius 1 is 1.75 bits per heavy atom. The molecule has 0 saturated heterocycles. The fraction of sp³-hybridized carbons (Fsp3) is 0.571. The average Bonchev–Trinajstić information content (AvgIpc) is 1.83. The van der Waals surface area contributed by atoms with Crippen molar-refractivity contribution in [3.05, 3.63) is 12.7 Å². The van der Waals surface area contributed by atoms with Crippen molar-refractivity contribution in [1.29, 1.82) is 0 Å². The largest absolute Gasteiger partial charge is 0.295 e. The SMILES string of the molecule is C=CC(=O)CCCC. The topological polar surface area (TPSA) is 17.1 Å². The van der Waals surface area contributed by atoms with E-state index in [2.05, 4.69) is 13.5 Å². The Labute approximate surface area is 50.4 Å². The van der Waals surface area contributed by atoms with E-state index in [1.807, 2.05) is 0 Å². The highest BCUT2D eigenvalue weighted by Gasteiger charge is 1.90. The van der Waals surface area contributed by atoms with Crippen LogP contribution in [-0.2, 0) is 4.79 Å². The van der Waals surface area contributed by atoms with Crippen LogP contribution in [0.5, 0.6) is 0 Å². The number of ketones is 1. The van der Waals surface area contributed by atoms with Crippen LogP contribution in [0.3, 0.4) is 0 Å². The summed E-state index contributed by atoms with van der Waals surface area (Å²) in [4.78, 5) is 10.5. The van der Waals surface area contributed by atoms with Crippen molar-refractivity contribution in [2.75, 3.05) is 0 Å². The van der Waals surface area contributed by atoms with Gasteiger partial charge in [-0.2, -0.15) is 0 Å². The molecule has 0 aromatic heterocycles. The van der Waals surface area contributed by atoms with Crippen LogP contribution in [0.15, 0.2) is 12.7 Å². The summed E-state index contributed by atoms with van der Waals surface area (Å²) in [7, 11) is 0. The van der Waals surface area contributed by atoms with Crippen LogP contribution in [0.25, 0.3) is 0 Å². The molecule has 0 fully saturated rings. The number of carbonyl (C=O) groups is 1. The molecule has 46 valence electrons. The summed E-state index contributed by atoms with van der Waals surface area (Å²) in [5, 5.41) is 0. The standard InChI is InChI=1S/C7H12O/c1-3-5-6-7(8)4-2/h4H,2-3,5-6H2,1H3. The molecule has 0 aromatic carbocycles. The summed E-state index contributed by atoms with van der Waals surface area (Å²) in [5.74, 6) is 0.159. The molecule has 0 aliphatic carbocycles. The molecule has 0 atom stereocenters. The van der Waals surface area contributed by atoms with Gasteiger partial charge in [0.2, 0.25) is 0 Å². The lowest BCUT2D eigenvalue weighted by Gasteiger charge is -1.88. The molecule has 0 unspecified atom stereocenters. The first kappa shape index (κ1) is 7.41. The first-order valence-corrected chi connectivity index (χ1v) is 2.96. The highest BCUT2D eigenvalue weighted by molar-refractivity contribution is 5.88. The maximum Gasteiger partial charge on any atom is 0.155 e. The van der Waals surface area contributed by atoms with Crippen LogP contribution in [0, 0.1) is 0 Å². The van der Waals surface area contributed by atoms with Gasteiger partial charge in [-0.05, 0) is 12.5 Å². The minimum absolute atomic E-state index is 0.159. The molecule has 0 amide bonds. The van der Waals surface area contributed by atoms with Crippen molar-refractivity contribution in [3.63, 3.8) is 0 Å². The maximum absolute atomic E-state index is 10.5. The summed E-state index contributed by atoms with van der Waals surface area (Å²) in [6.45, 7) is 5.43. The zero-order valence-electron chi connectivity index (χ0n) is 5.31. The highest BCUT2D eigenvalue weighted by Crippen LogP contribution is 1.94. The Bertz CT molecular complexity index is 84.4. The summed E-state index contributed by atoms with van der Waals surface area (Å²) in [5.41, 5.74) is 0. The highest BCUT2D eigenvalue weighted by atomic mass is 16.1. The van der Waals surface area contributed by atoms with Crippen LogP contribution in [0.1, 0.15) is 26.2 Å². The van der Waals surface area contributed by atoms with Crippen molar-refractivity contribution >= 4 is 5.78 Å². The van der Waals surface area contributed by atoms with E-state index in [1.165, 1.54) is 6.08 Å². The zero-order chi connectivity index (χ0) is 6.41. The summed E-state index contributed by atoms with van der Waals surface area (Å²) < 4.78 is 0. The van der Waals surface area contributed by atoms with Gasteiger partial charge < -0.3 is 0 Å². The molecule has 0 aromatic rings. The predicted octanol–water partition coefficient (Wildman–Crippen LogP) is 1.93. The smallest absolute Gasteiger partial charge is 0.155 e. The van der Waals surface area contributed by atoms with Crippen molar-refractivity contribution in [2.45, 2.75) is 26.2 Å². The summed E-state index contributed by atoms with van der Waals surface area (Å²) >= 11 is 0. The molecule has 0 aliphatic rings. The molecule has 0 rings (SSSR count). The molecule has 1 heteroatoms. The molecule has 0 N–H and O–H groups in total. The van der Waals surface area contributed by atoms with Gasteiger partial charge in [0.15, 0.2) is 5.78 Å². The number of allylic oxidation sites excluding steroid dienone is 1.